The lowest BCUT2D eigenvalue weighted by Gasteiger charge is -2.16. The van der Waals surface area contributed by atoms with Gasteiger partial charge >= 0.3 is 0 Å². The Kier molecular flexibility index (Phi) is 3.69. The van der Waals surface area contributed by atoms with E-state index in [2.05, 4.69) is 15.6 Å². The van der Waals surface area contributed by atoms with Crippen LogP contribution < -0.4 is 10.6 Å². The first-order chi connectivity index (χ1) is 8.59. The molecule has 7 heteroatoms. The minimum absolute atomic E-state index is 0.305. The summed E-state index contributed by atoms with van der Waals surface area (Å²) in [6, 6.07) is 0.325. The van der Waals surface area contributed by atoms with E-state index in [4.69, 9.17) is 0 Å². The van der Waals surface area contributed by atoms with Crippen LogP contribution in [0.3, 0.4) is 0 Å². The van der Waals surface area contributed by atoms with Gasteiger partial charge in [0.2, 0.25) is 0 Å². The highest BCUT2D eigenvalue weighted by Gasteiger charge is 2.19. The van der Waals surface area contributed by atoms with Gasteiger partial charge in [0, 0.05) is 31.3 Å². The van der Waals surface area contributed by atoms with Gasteiger partial charge in [-0.25, -0.2) is 17.6 Å². The number of halogens is 4. The van der Waals surface area contributed by atoms with Crippen molar-refractivity contribution in [1.82, 2.24) is 10.6 Å². The van der Waals surface area contributed by atoms with Gasteiger partial charge in [-0.05, 0) is 6.42 Å². The lowest BCUT2D eigenvalue weighted by atomic mass is 10.2. The van der Waals surface area contributed by atoms with E-state index in [1.807, 2.05) is 0 Å². The van der Waals surface area contributed by atoms with Crippen molar-refractivity contribution in [2.24, 2.45) is 4.99 Å². The normalized spacial score (nSPS) is 15.0. The fraction of sp³-hybridized carbons (Fsp3) is 0.364. The van der Waals surface area contributed by atoms with Crippen LogP contribution in [-0.2, 0) is 6.54 Å². The first-order valence-electron chi connectivity index (χ1n) is 5.43. The molecule has 0 atom stereocenters. The number of nitrogens with one attached hydrogen (secondary N) is 2. The smallest absolute Gasteiger partial charge is 0.194 e. The molecule has 2 rings (SSSR count). The third-order valence-corrected chi connectivity index (χ3v) is 2.54. The van der Waals surface area contributed by atoms with E-state index in [1.54, 1.807) is 0 Å². The summed E-state index contributed by atoms with van der Waals surface area (Å²) in [6.07, 6.45) is 0.874. The zero-order valence-electron chi connectivity index (χ0n) is 9.36. The molecule has 0 fully saturated rings. The number of benzene rings is 1. The molecule has 1 aliphatic rings. The molecule has 2 N–H and O–H groups in total. The predicted octanol–water partition coefficient (Wildman–Crippen LogP) is 1.68. The summed E-state index contributed by atoms with van der Waals surface area (Å²) in [4.78, 5) is 4.03. The van der Waals surface area contributed by atoms with Crippen LogP contribution in [-0.4, -0.2) is 19.0 Å². The molecule has 0 amide bonds. The standard InChI is InChI=1S/C11H11F4N3/c12-7-4-8(13)10(15)9(14)6(7)5-18-11-16-2-1-3-17-11/h4H,1-3,5H2,(H2,16,17,18). The van der Waals surface area contributed by atoms with Crippen molar-refractivity contribution < 1.29 is 17.6 Å². The Bertz CT molecular complexity index is 488. The van der Waals surface area contributed by atoms with Crippen molar-refractivity contribution in [2.45, 2.75) is 13.0 Å². The second kappa shape index (κ2) is 5.24. The molecule has 0 saturated carbocycles. The quantitative estimate of drug-likeness (QED) is 0.483. The number of guanidine groups is 1. The Hall–Kier alpha value is -1.79. The molecule has 98 valence electrons. The third-order valence-electron chi connectivity index (χ3n) is 2.54. The van der Waals surface area contributed by atoms with Crippen LogP contribution in [0.15, 0.2) is 11.1 Å². The van der Waals surface area contributed by atoms with E-state index in [1.165, 1.54) is 0 Å². The zero-order valence-corrected chi connectivity index (χ0v) is 9.36. The fourth-order valence-corrected chi connectivity index (χ4v) is 1.59. The molecule has 0 aromatic heterocycles. The van der Waals surface area contributed by atoms with Gasteiger partial charge in [0.25, 0.3) is 0 Å². The Morgan fingerprint density at radius 3 is 2.61 bits per heavy atom. The van der Waals surface area contributed by atoms with Gasteiger partial charge in [0.05, 0.1) is 0 Å². The molecule has 18 heavy (non-hydrogen) atoms. The van der Waals surface area contributed by atoms with Gasteiger partial charge in [0.1, 0.15) is 5.82 Å². The number of hydrogen-bond donors (Lipinski definition) is 2. The minimum atomic E-state index is -1.67. The van der Waals surface area contributed by atoms with Crippen molar-refractivity contribution in [1.29, 1.82) is 0 Å². The zero-order chi connectivity index (χ0) is 13.1. The molecule has 0 radical (unpaired) electrons. The Morgan fingerprint density at radius 1 is 1.17 bits per heavy atom. The maximum atomic E-state index is 13.3. The van der Waals surface area contributed by atoms with E-state index in [9.17, 15) is 17.6 Å². The summed E-state index contributed by atoms with van der Waals surface area (Å²) < 4.78 is 52.3. The SMILES string of the molecule is Fc1cc(F)c(CNC2=NCCCN2)c(F)c1F. The van der Waals surface area contributed by atoms with E-state index in [0.29, 0.717) is 25.1 Å². The highest BCUT2D eigenvalue weighted by atomic mass is 19.2. The Labute approximate surface area is 101 Å². The molecule has 0 unspecified atom stereocenters. The summed E-state index contributed by atoms with van der Waals surface area (Å²) in [7, 11) is 0. The lowest BCUT2D eigenvalue weighted by molar-refractivity contribution is 0.423. The number of hydrogen-bond acceptors (Lipinski definition) is 3. The van der Waals surface area contributed by atoms with Gasteiger partial charge in [0.15, 0.2) is 23.4 Å². The van der Waals surface area contributed by atoms with E-state index in [-0.39, 0.29) is 6.54 Å². The highest BCUT2D eigenvalue weighted by Crippen LogP contribution is 2.18. The van der Waals surface area contributed by atoms with Crippen molar-refractivity contribution in [2.75, 3.05) is 13.1 Å². The molecule has 0 spiro atoms. The van der Waals surface area contributed by atoms with E-state index in [0.717, 1.165) is 6.42 Å². The second-order valence-electron chi connectivity index (χ2n) is 3.81. The van der Waals surface area contributed by atoms with Crippen LogP contribution in [0.1, 0.15) is 12.0 Å². The molecule has 0 saturated heterocycles. The summed E-state index contributed by atoms with van der Waals surface area (Å²) in [5, 5.41) is 5.52. The first-order valence-corrected chi connectivity index (χ1v) is 5.43. The summed E-state index contributed by atoms with van der Waals surface area (Å²) >= 11 is 0. The summed E-state index contributed by atoms with van der Waals surface area (Å²) in [6.45, 7) is 1.01. The predicted molar refractivity (Wildman–Crippen MR) is 58.0 cm³/mol. The van der Waals surface area contributed by atoms with Crippen LogP contribution in [0.25, 0.3) is 0 Å². The molecular weight excluding hydrogens is 250 g/mol. The Balaban J connectivity index is 2.14. The molecular formula is C11H11F4N3. The lowest BCUT2D eigenvalue weighted by Crippen LogP contribution is -2.40. The molecule has 1 aliphatic heterocycles. The molecule has 0 aliphatic carbocycles. The van der Waals surface area contributed by atoms with Gasteiger partial charge < -0.3 is 10.6 Å². The molecule has 0 bridgehead atoms. The monoisotopic (exact) mass is 261 g/mol. The van der Waals surface area contributed by atoms with Gasteiger partial charge in [-0.15, -0.1) is 0 Å². The summed E-state index contributed by atoms with van der Waals surface area (Å²) in [5.41, 5.74) is -0.552. The molecule has 3 nitrogen and oxygen atoms in total. The van der Waals surface area contributed by atoms with Crippen LogP contribution >= 0.6 is 0 Å². The van der Waals surface area contributed by atoms with Crippen molar-refractivity contribution in [3.05, 3.63) is 34.9 Å². The average Bonchev–Trinajstić information content (AvgIpc) is 2.37. The topological polar surface area (TPSA) is 36.4 Å². The Morgan fingerprint density at radius 2 is 1.94 bits per heavy atom. The fourth-order valence-electron chi connectivity index (χ4n) is 1.59. The molecule has 1 heterocycles. The highest BCUT2D eigenvalue weighted by molar-refractivity contribution is 5.80. The number of aliphatic imine (C=N–C) groups is 1. The summed E-state index contributed by atoms with van der Waals surface area (Å²) in [5.74, 6) is -5.47. The third kappa shape index (κ3) is 2.55. The first kappa shape index (κ1) is 12.7. The maximum Gasteiger partial charge on any atom is 0.194 e. The maximum absolute atomic E-state index is 13.3. The van der Waals surface area contributed by atoms with E-state index < -0.39 is 28.8 Å². The van der Waals surface area contributed by atoms with Gasteiger partial charge in [-0.1, -0.05) is 0 Å². The molecule has 1 aromatic carbocycles. The van der Waals surface area contributed by atoms with Crippen LogP contribution in [0, 0.1) is 23.3 Å². The average molecular weight is 261 g/mol. The van der Waals surface area contributed by atoms with Crippen LogP contribution in [0.5, 0.6) is 0 Å². The van der Waals surface area contributed by atoms with Crippen molar-refractivity contribution >= 4 is 5.96 Å². The van der Waals surface area contributed by atoms with E-state index >= 15 is 0 Å². The molecule has 1 aromatic rings. The number of rotatable bonds is 2. The number of nitrogens with zero attached hydrogens (tertiary/aromatic N) is 1. The van der Waals surface area contributed by atoms with Gasteiger partial charge in [-0.2, -0.15) is 0 Å². The van der Waals surface area contributed by atoms with Crippen LogP contribution in [0.2, 0.25) is 0 Å². The minimum Gasteiger partial charge on any atom is -0.356 e. The van der Waals surface area contributed by atoms with Crippen LogP contribution in [0.4, 0.5) is 17.6 Å². The van der Waals surface area contributed by atoms with Gasteiger partial charge in [-0.3, -0.25) is 4.99 Å². The van der Waals surface area contributed by atoms with Crippen molar-refractivity contribution in [3.8, 4) is 0 Å². The largest absolute Gasteiger partial charge is 0.356 e. The second-order valence-corrected chi connectivity index (χ2v) is 3.81. The van der Waals surface area contributed by atoms with Crippen molar-refractivity contribution in [3.63, 3.8) is 0 Å².